The van der Waals surface area contributed by atoms with Crippen LogP contribution >= 0.6 is 0 Å². The van der Waals surface area contributed by atoms with Crippen LogP contribution in [0.15, 0.2) is 18.2 Å². The highest BCUT2D eigenvalue weighted by Crippen LogP contribution is 2.31. The van der Waals surface area contributed by atoms with Crippen LogP contribution in [0.25, 0.3) is 0 Å². The molecule has 0 bridgehead atoms. The number of methoxy groups -OCH3 is 1. The predicted octanol–water partition coefficient (Wildman–Crippen LogP) is 1.91. The minimum Gasteiger partial charge on any atom is -0.491 e. The van der Waals surface area contributed by atoms with Gasteiger partial charge in [-0.3, -0.25) is 0 Å². The van der Waals surface area contributed by atoms with Gasteiger partial charge in [-0.15, -0.1) is 0 Å². The molecule has 0 radical (unpaired) electrons. The van der Waals surface area contributed by atoms with E-state index in [1.165, 1.54) is 7.11 Å². The lowest BCUT2D eigenvalue weighted by Gasteiger charge is -2.11. The molecule has 16 heavy (non-hydrogen) atoms. The van der Waals surface area contributed by atoms with Crippen molar-refractivity contribution in [2.24, 2.45) is 5.92 Å². The summed E-state index contributed by atoms with van der Waals surface area (Å²) in [5.74, 6) is 0.785. The second-order valence-corrected chi connectivity index (χ2v) is 3.97. The zero-order valence-electron chi connectivity index (χ0n) is 9.45. The van der Waals surface area contributed by atoms with Gasteiger partial charge in [-0.05, 0) is 12.1 Å². The van der Waals surface area contributed by atoms with Crippen LogP contribution in [0, 0.1) is 5.92 Å². The maximum Gasteiger partial charge on any atom is 0.340 e. The first-order chi connectivity index (χ1) is 7.72. The van der Waals surface area contributed by atoms with Crippen molar-refractivity contribution in [3.8, 4) is 5.75 Å². The van der Waals surface area contributed by atoms with E-state index in [9.17, 15) is 4.79 Å². The number of para-hydroxylation sites is 1. The number of carbonyl (C=O) groups excluding carboxylic acids is 1. The highest BCUT2D eigenvalue weighted by atomic mass is 16.5. The lowest BCUT2D eigenvalue weighted by Crippen LogP contribution is -2.14. The van der Waals surface area contributed by atoms with Crippen molar-refractivity contribution in [3.63, 3.8) is 0 Å². The number of anilines is 1. The number of hydrogen-bond donors (Lipinski definition) is 1. The Morgan fingerprint density at radius 1 is 1.56 bits per heavy atom. The Labute approximate surface area is 94.6 Å². The zero-order chi connectivity index (χ0) is 11.5. The van der Waals surface area contributed by atoms with Gasteiger partial charge in [0.15, 0.2) is 0 Å². The number of hydrogen-bond acceptors (Lipinski definition) is 4. The molecule has 0 fully saturated rings. The molecule has 86 valence electrons. The molecule has 0 aromatic heterocycles. The number of carbonyl (C=O) groups is 1. The molecule has 1 N–H and O–H groups in total. The highest BCUT2D eigenvalue weighted by molar-refractivity contribution is 5.97. The van der Waals surface area contributed by atoms with E-state index >= 15 is 0 Å². The molecule has 0 saturated heterocycles. The minimum atomic E-state index is -0.345. The van der Waals surface area contributed by atoms with Crippen LogP contribution in [0.5, 0.6) is 5.75 Å². The molecule has 1 atom stereocenters. The van der Waals surface area contributed by atoms with Gasteiger partial charge in [0, 0.05) is 12.5 Å². The van der Waals surface area contributed by atoms with Gasteiger partial charge in [0.05, 0.1) is 25.0 Å². The van der Waals surface area contributed by atoms with Crippen molar-refractivity contribution in [2.75, 3.05) is 25.6 Å². The van der Waals surface area contributed by atoms with Gasteiger partial charge >= 0.3 is 5.97 Å². The molecule has 1 aromatic rings. The number of fused-ring (bicyclic) bond motifs is 1. The Kier molecular flexibility index (Phi) is 2.99. The molecule has 4 nitrogen and oxygen atoms in total. The van der Waals surface area contributed by atoms with E-state index in [4.69, 9.17) is 9.47 Å². The molecule has 2 rings (SSSR count). The van der Waals surface area contributed by atoms with Crippen LogP contribution in [0.3, 0.4) is 0 Å². The molecular weight excluding hydrogens is 206 g/mol. The summed E-state index contributed by atoms with van der Waals surface area (Å²) in [5.41, 5.74) is 1.26. The van der Waals surface area contributed by atoms with E-state index < -0.39 is 0 Å². The first kappa shape index (κ1) is 10.8. The smallest absolute Gasteiger partial charge is 0.340 e. The number of rotatable bonds is 1. The SMILES string of the molecule is COC(=O)c1cccc2c1NCC(C)CO2. The molecule has 0 spiro atoms. The fourth-order valence-electron chi connectivity index (χ4n) is 1.68. The van der Waals surface area contributed by atoms with E-state index in [1.807, 2.05) is 6.07 Å². The fourth-order valence-corrected chi connectivity index (χ4v) is 1.68. The van der Waals surface area contributed by atoms with Crippen molar-refractivity contribution >= 4 is 11.7 Å². The van der Waals surface area contributed by atoms with Crippen LogP contribution < -0.4 is 10.1 Å². The second kappa shape index (κ2) is 4.43. The van der Waals surface area contributed by atoms with E-state index in [0.29, 0.717) is 23.8 Å². The predicted molar refractivity (Wildman–Crippen MR) is 60.9 cm³/mol. The summed E-state index contributed by atoms with van der Waals surface area (Å²) in [4.78, 5) is 11.6. The molecule has 0 aliphatic carbocycles. The Hall–Kier alpha value is -1.71. The van der Waals surface area contributed by atoms with E-state index in [1.54, 1.807) is 12.1 Å². The summed E-state index contributed by atoms with van der Waals surface area (Å²) in [6.45, 7) is 3.54. The van der Waals surface area contributed by atoms with E-state index in [2.05, 4.69) is 12.2 Å². The molecule has 0 amide bonds. The summed E-state index contributed by atoms with van der Waals surface area (Å²) in [6, 6.07) is 5.38. The Balaban J connectivity index is 2.39. The average Bonchev–Trinajstić information content (AvgIpc) is 2.50. The second-order valence-electron chi connectivity index (χ2n) is 3.97. The van der Waals surface area contributed by atoms with Gasteiger partial charge in [-0.1, -0.05) is 13.0 Å². The Morgan fingerprint density at radius 2 is 2.38 bits per heavy atom. The highest BCUT2D eigenvalue weighted by Gasteiger charge is 2.19. The Morgan fingerprint density at radius 3 is 3.12 bits per heavy atom. The molecular formula is C12H15NO3. The zero-order valence-corrected chi connectivity index (χ0v) is 9.45. The number of esters is 1. The summed E-state index contributed by atoms with van der Waals surface area (Å²) >= 11 is 0. The molecule has 1 heterocycles. The third-order valence-corrected chi connectivity index (χ3v) is 2.58. The van der Waals surface area contributed by atoms with Gasteiger partial charge in [0.2, 0.25) is 0 Å². The van der Waals surface area contributed by atoms with Gasteiger partial charge in [-0.25, -0.2) is 4.79 Å². The van der Waals surface area contributed by atoms with Crippen molar-refractivity contribution in [3.05, 3.63) is 23.8 Å². The van der Waals surface area contributed by atoms with Crippen LogP contribution in [-0.2, 0) is 4.74 Å². The van der Waals surface area contributed by atoms with Crippen molar-refractivity contribution in [1.82, 2.24) is 0 Å². The molecule has 1 unspecified atom stereocenters. The maximum atomic E-state index is 11.6. The Bertz CT molecular complexity index is 403. The van der Waals surface area contributed by atoms with Crippen LogP contribution in [-0.4, -0.2) is 26.2 Å². The minimum absolute atomic E-state index is 0.345. The normalized spacial score (nSPS) is 18.8. The third-order valence-electron chi connectivity index (χ3n) is 2.58. The quantitative estimate of drug-likeness (QED) is 0.736. The van der Waals surface area contributed by atoms with Gasteiger partial charge in [0.25, 0.3) is 0 Å². The summed E-state index contributed by atoms with van der Waals surface area (Å²) in [6.07, 6.45) is 0. The van der Waals surface area contributed by atoms with Crippen molar-refractivity contribution in [2.45, 2.75) is 6.92 Å². The first-order valence-electron chi connectivity index (χ1n) is 5.30. The van der Waals surface area contributed by atoms with Crippen LogP contribution in [0.2, 0.25) is 0 Å². The lowest BCUT2D eigenvalue weighted by atomic mass is 10.1. The number of nitrogens with one attached hydrogen (secondary N) is 1. The van der Waals surface area contributed by atoms with Gasteiger partial charge in [-0.2, -0.15) is 0 Å². The summed E-state index contributed by atoms with van der Waals surface area (Å²) in [7, 11) is 1.38. The van der Waals surface area contributed by atoms with Crippen LogP contribution in [0.4, 0.5) is 5.69 Å². The van der Waals surface area contributed by atoms with E-state index in [0.717, 1.165) is 12.2 Å². The molecule has 4 heteroatoms. The maximum absolute atomic E-state index is 11.6. The molecule has 1 aliphatic rings. The summed E-state index contributed by atoms with van der Waals surface area (Å²) < 4.78 is 10.4. The molecule has 1 aliphatic heterocycles. The molecule has 1 aromatic carbocycles. The van der Waals surface area contributed by atoms with Gasteiger partial charge < -0.3 is 14.8 Å². The fraction of sp³-hybridized carbons (Fsp3) is 0.417. The van der Waals surface area contributed by atoms with Gasteiger partial charge in [0.1, 0.15) is 5.75 Å². The van der Waals surface area contributed by atoms with Crippen LogP contribution in [0.1, 0.15) is 17.3 Å². The largest absolute Gasteiger partial charge is 0.491 e. The molecule has 0 saturated carbocycles. The third kappa shape index (κ3) is 1.96. The summed E-state index contributed by atoms with van der Waals surface area (Å²) in [5, 5.41) is 3.23. The topological polar surface area (TPSA) is 47.6 Å². The monoisotopic (exact) mass is 221 g/mol. The number of ether oxygens (including phenoxy) is 2. The van der Waals surface area contributed by atoms with Crippen molar-refractivity contribution in [1.29, 1.82) is 0 Å². The number of benzene rings is 1. The first-order valence-corrected chi connectivity index (χ1v) is 5.30. The van der Waals surface area contributed by atoms with E-state index in [-0.39, 0.29) is 5.97 Å². The lowest BCUT2D eigenvalue weighted by molar-refractivity contribution is 0.0601. The standard InChI is InChI=1S/C12H15NO3/c1-8-6-13-11-9(12(14)15-2)4-3-5-10(11)16-7-8/h3-5,8,13H,6-7H2,1-2H3. The average molecular weight is 221 g/mol. The van der Waals surface area contributed by atoms with Crippen molar-refractivity contribution < 1.29 is 14.3 Å².